The van der Waals surface area contributed by atoms with Gasteiger partial charge in [0, 0.05) is 37.9 Å². The summed E-state index contributed by atoms with van der Waals surface area (Å²) in [6.45, 7) is 3.03. The Bertz CT molecular complexity index is 458. The second-order valence-electron chi connectivity index (χ2n) is 5.97. The Morgan fingerprint density at radius 3 is 3.05 bits per heavy atom. The lowest BCUT2D eigenvalue weighted by Gasteiger charge is -2.32. The third-order valence-electron chi connectivity index (χ3n) is 4.03. The molecule has 21 heavy (non-hydrogen) atoms. The van der Waals surface area contributed by atoms with E-state index >= 15 is 0 Å². The van der Waals surface area contributed by atoms with Crippen LogP contribution in [-0.4, -0.2) is 70.7 Å². The summed E-state index contributed by atoms with van der Waals surface area (Å²) in [7, 11) is 4.16. The Morgan fingerprint density at radius 2 is 2.33 bits per heavy atom. The van der Waals surface area contributed by atoms with Gasteiger partial charge in [-0.2, -0.15) is 0 Å². The van der Waals surface area contributed by atoms with Crippen molar-refractivity contribution in [1.29, 1.82) is 0 Å². The molecule has 0 spiro atoms. The standard InChI is InChI=1S/C15H26N4O2/c1-17(2)7-4-9-18-10-6-16-15(18)13-5-3-8-19(11-13)14(21)12-20/h6,10,13,20H,3-5,7-9,11-12H2,1-2H3/t13-/m1/s1. The van der Waals surface area contributed by atoms with Gasteiger partial charge in [0.1, 0.15) is 12.4 Å². The molecule has 1 amide bonds. The molecule has 0 saturated carbocycles. The molecule has 6 heteroatoms. The van der Waals surface area contributed by atoms with Gasteiger partial charge >= 0.3 is 0 Å². The summed E-state index contributed by atoms with van der Waals surface area (Å²) in [6.07, 6.45) is 6.98. The molecule has 0 aromatic carbocycles. The number of piperidine rings is 1. The Morgan fingerprint density at radius 1 is 1.52 bits per heavy atom. The number of aromatic nitrogens is 2. The van der Waals surface area contributed by atoms with Gasteiger partial charge in [0.15, 0.2) is 0 Å². The minimum absolute atomic E-state index is 0.176. The molecule has 0 bridgehead atoms. The number of likely N-dealkylation sites (tertiary alicyclic amines) is 1. The average Bonchev–Trinajstić information content (AvgIpc) is 2.94. The summed E-state index contributed by atoms with van der Waals surface area (Å²) in [6, 6.07) is 0. The predicted molar refractivity (Wildman–Crippen MR) is 81.0 cm³/mol. The number of aryl methyl sites for hydroxylation is 1. The maximum absolute atomic E-state index is 11.7. The first kappa shape index (κ1) is 16.0. The number of aliphatic hydroxyl groups is 1. The lowest BCUT2D eigenvalue weighted by atomic mass is 9.97. The van der Waals surface area contributed by atoms with Crippen LogP contribution in [0.2, 0.25) is 0 Å². The number of hydrogen-bond donors (Lipinski definition) is 1. The molecular formula is C15H26N4O2. The van der Waals surface area contributed by atoms with E-state index in [0.29, 0.717) is 6.54 Å². The summed E-state index contributed by atoms with van der Waals surface area (Å²) in [5.74, 6) is 1.18. The summed E-state index contributed by atoms with van der Waals surface area (Å²) >= 11 is 0. The predicted octanol–water partition coefficient (Wildman–Crippen LogP) is 0.533. The van der Waals surface area contributed by atoms with E-state index in [0.717, 1.165) is 44.7 Å². The molecule has 0 aliphatic carbocycles. The monoisotopic (exact) mass is 294 g/mol. The van der Waals surface area contributed by atoms with Crippen LogP contribution in [0.1, 0.15) is 31.0 Å². The molecule has 1 aliphatic rings. The first-order valence-corrected chi connectivity index (χ1v) is 7.66. The summed E-state index contributed by atoms with van der Waals surface area (Å²) in [5, 5.41) is 9.01. The number of carbonyl (C=O) groups is 1. The molecule has 2 heterocycles. The zero-order valence-corrected chi connectivity index (χ0v) is 13.0. The van der Waals surface area contributed by atoms with Gasteiger partial charge in [0.25, 0.3) is 0 Å². The van der Waals surface area contributed by atoms with Gasteiger partial charge in [-0.15, -0.1) is 0 Å². The summed E-state index contributed by atoms with van der Waals surface area (Å²) in [5.41, 5.74) is 0. The molecule has 0 unspecified atom stereocenters. The highest BCUT2D eigenvalue weighted by molar-refractivity contribution is 5.77. The van der Waals surface area contributed by atoms with Crippen molar-refractivity contribution in [1.82, 2.24) is 19.4 Å². The Labute approximate surface area is 126 Å². The van der Waals surface area contributed by atoms with Crippen molar-refractivity contribution in [2.24, 2.45) is 0 Å². The molecule has 1 fully saturated rings. The number of carbonyl (C=O) groups excluding carboxylic acids is 1. The molecular weight excluding hydrogens is 268 g/mol. The van der Waals surface area contributed by atoms with E-state index < -0.39 is 6.61 Å². The SMILES string of the molecule is CN(C)CCCn1ccnc1[C@@H]1CCCN(C(=O)CO)C1. The average molecular weight is 294 g/mol. The van der Waals surface area contributed by atoms with Gasteiger partial charge in [0.2, 0.25) is 5.91 Å². The van der Waals surface area contributed by atoms with Crippen molar-refractivity contribution < 1.29 is 9.90 Å². The van der Waals surface area contributed by atoms with Crippen molar-refractivity contribution >= 4 is 5.91 Å². The maximum atomic E-state index is 11.7. The van der Waals surface area contributed by atoms with Gasteiger partial charge in [-0.1, -0.05) is 0 Å². The van der Waals surface area contributed by atoms with Gasteiger partial charge in [-0.05, 0) is 39.9 Å². The Hall–Kier alpha value is -1.40. The molecule has 1 atom stereocenters. The first-order chi connectivity index (χ1) is 10.1. The fourth-order valence-corrected chi connectivity index (χ4v) is 2.94. The van der Waals surface area contributed by atoms with E-state index in [4.69, 9.17) is 5.11 Å². The lowest BCUT2D eigenvalue weighted by molar-refractivity contribution is -0.135. The van der Waals surface area contributed by atoms with Crippen LogP contribution in [-0.2, 0) is 11.3 Å². The first-order valence-electron chi connectivity index (χ1n) is 7.66. The van der Waals surface area contributed by atoms with Gasteiger partial charge < -0.3 is 19.5 Å². The van der Waals surface area contributed by atoms with Crippen LogP contribution in [0.15, 0.2) is 12.4 Å². The van der Waals surface area contributed by atoms with Crippen molar-refractivity contribution in [3.63, 3.8) is 0 Å². The van der Waals surface area contributed by atoms with E-state index in [-0.39, 0.29) is 11.8 Å². The minimum atomic E-state index is -0.399. The number of rotatable bonds is 6. The molecule has 1 N–H and O–H groups in total. The number of imidazole rings is 1. The third-order valence-corrected chi connectivity index (χ3v) is 4.03. The van der Waals surface area contributed by atoms with Crippen LogP contribution < -0.4 is 0 Å². The number of aliphatic hydroxyl groups excluding tert-OH is 1. The van der Waals surface area contributed by atoms with Crippen LogP contribution in [0, 0.1) is 0 Å². The number of amides is 1. The van der Waals surface area contributed by atoms with E-state index in [9.17, 15) is 4.79 Å². The van der Waals surface area contributed by atoms with Gasteiger partial charge in [-0.3, -0.25) is 4.79 Å². The van der Waals surface area contributed by atoms with E-state index in [1.807, 2.05) is 12.4 Å². The zero-order valence-electron chi connectivity index (χ0n) is 13.0. The topological polar surface area (TPSA) is 61.6 Å². The fourth-order valence-electron chi connectivity index (χ4n) is 2.94. The van der Waals surface area contributed by atoms with Crippen LogP contribution >= 0.6 is 0 Å². The normalized spacial score (nSPS) is 19.2. The minimum Gasteiger partial charge on any atom is -0.387 e. The largest absolute Gasteiger partial charge is 0.387 e. The zero-order chi connectivity index (χ0) is 15.2. The maximum Gasteiger partial charge on any atom is 0.248 e. The molecule has 1 aliphatic heterocycles. The molecule has 1 aromatic rings. The lowest BCUT2D eigenvalue weighted by Crippen LogP contribution is -2.41. The fraction of sp³-hybridized carbons (Fsp3) is 0.733. The Balaban J connectivity index is 1.97. The highest BCUT2D eigenvalue weighted by Crippen LogP contribution is 2.26. The summed E-state index contributed by atoms with van der Waals surface area (Å²) < 4.78 is 2.21. The van der Waals surface area contributed by atoms with Crippen LogP contribution in [0.3, 0.4) is 0 Å². The summed E-state index contributed by atoms with van der Waals surface area (Å²) in [4.78, 5) is 20.1. The van der Waals surface area contributed by atoms with Crippen molar-refractivity contribution in [3.8, 4) is 0 Å². The van der Waals surface area contributed by atoms with Crippen molar-refractivity contribution in [3.05, 3.63) is 18.2 Å². The highest BCUT2D eigenvalue weighted by atomic mass is 16.3. The second-order valence-corrected chi connectivity index (χ2v) is 5.97. The van der Waals surface area contributed by atoms with E-state index in [2.05, 4.69) is 28.5 Å². The van der Waals surface area contributed by atoms with Crippen LogP contribution in [0.25, 0.3) is 0 Å². The van der Waals surface area contributed by atoms with Crippen LogP contribution in [0.4, 0.5) is 0 Å². The number of nitrogens with zero attached hydrogens (tertiary/aromatic N) is 4. The van der Waals surface area contributed by atoms with E-state index in [1.54, 1.807) is 4.90 Å². The second kappa shape index (κ2) is 7.56. The quantitative estimate of drug-likeness (QED) is 0.831. The van der Waals surface area contributed by atoms with Gasteiger partial charge in [-0.25, -0.2) is 4.98 Å². The molecule has 1 saturated heterocycles. The molecule has 118 valence electrons. The van der Waals surface area contributed by atoms with Gasteiger partial charge in [0.05, 0.1) is 0 Å². The highest BCUT2D eigenvalue weighted by Gasteiger charge is 2.26. The molecule has 2 rings (SSSR count). The molecule has 6 nitrogen and oxygen atoms in total. The van der Waals surface area contributed by atoms with Crippen LogP contribution in [0.5, 0.6) is 0 Å². The number of hydrogen-bond acceptors (Lipinski definition) is 4. The van der Waals surface area contributed by atoms with Crippen molar-refractivity contribution in [2.75, 3.05) is 40.3 Å². The van der Waals surface area contributed by atoms with Crippen molar-refractivity contribution in [2.45, 2.75) is 31.7 Å². The third kappa shape index (κ3) is 4.28. The molecule has 0 radical (unpaired) electrons. The van der Waals surface area contributed by atoms with E-state index in [1.165, 1.54) is 0 Å². The smallest absolute Gasteiger partial charge is 0.248 e. The molecule has 1 aromatic heterocycles. The Kier molecular flexibility index (Phi) is 5.76.